The zero-order valence-electron chi connectivity index (χ0n) is 11.2. The molecule has 4 atom stereocenters. The molecule has 1 aliphatic carbocycles. The Labute approximate surface area is 119 Å². The van der Waals surface area contributed by atoms with Gasteiger partial charge in [0.1, 0.15) is 5.60 Å². The van der Waals surface area contributed by atoms with Crippen molar-refractivity contribution in [1.29, 1.82) is 0 Å². The predicted octanol–water partition coefficient (Wildman–Crippen LogP) is 1.31. The van der Waals surface area contributed by atoms with Crippen LogP contribution < -0.4 is 0 Å². The summed E-state index contributed by atoms with van der Waals surface area (Å²) < 4.78 is 9.87. The largest absolute Gasteiger partial charge is 0.469 e. The fourth-order valence-electron chi connectivity index (χ4n) is 2.41. The molecular formula is C12H16BrNO5. The lowest BCUT2D eigenvalue weighted by atomic mass is 10.2. The first-order chi connectivity index (χ1) is 8.69. The van der Waals surface area contributed by atoms with Crippen LogP contribution in [0.25, 0.3) is 0 Å². The number of hydrogen-bond donors (Lipinski definition) is 0. The smallest absolute Gasteiger partial charge is 0.417 e. The van der Waals surface area contributed by atoms with Crippen molar-refractivity contribution in [2.45, 2.75) is 37.2 Å². The number of nitrogens with zero attached hydrogens (tertiary/aromatic N) is 1. The highest BCUT2D eigenvalue weighted by Crippen LogP contribution is 2.54. The Bertz CT molecular complexity index is 444. The monoisotopic (exact) mass is 333 g/mol. The number of methoxy groups -OCH3 is 1. The predicted molar refractivity (Wildman–Crippen MR) is 68.6 cm³/mol. The molecule has 2 rings (SSSR count). The number of piperidine rings is 1. The Balaban J connectivity index is 2.15. The minimum Gasteiger partial charge on any atom is -0.469 e. The second-order valence-corrected chi connectivity index (χ2v) is 6.69. The van der Waals surface area contributed by atoms with Crippen molar-refractivity contribution in [2.24, 2.45) is 11.8 Å². The third-order valence-corrected chi connectivity index (χ3v) is 4.21. The van der Waals surface area contributed by atoms with Crippen LogP contribution in [-0.2, 0) is 19.1 Å². The highest BCUT2D eigenvalue weighted by atomic mass is 79.9. The molecule has 106 valence electrons. The highest BCUT2D eigenvalue weighted by molar-refractivity contribution is 9.10. The van der Waals surface area contributed by atoms with E-state index < -0.39 is 34.5 Å². The Kier molecular flexibility index (Phi) is 3.36. The van der Waals surface area contributed by atoms with Crippen molar-refractivity contribution < 1.29 is 23.9 Å². The summed E-state index contributed by atoms with van der Waals surface area (Å²) in [5, 5.41) is 0. The van der Waals surface area contributed by atoms with E-state index in [0.29, 0.717) is 0 Å². The Hall–Kier alpha value is -1.11. The molecule has 2 aliphatic rings. The number of esters is 1. The molecule has 1 heterocycles. The van der Waals surface area contributed by atoms with Gasteiger partial charge in [0.15, 0.2) is 0 Å². The van der Waals surface area contributed by atoms with Crippen molar-refractivity contribution in [1.82, 2.24) is 4.90 Å². The summed E-state index contributed by atoms with van der Waals surface area (Å²) >= 11 is 3.23. The van der Waals surface area contributed by atoms with Gasteiger partial charge in [0.25, 0.3) is 0 Å². The number of carbonyl (C=O) groups excluding carboxylic acids is 3. The van der Waals surface area contributed by atoms with Crippen LogP contribution in [0.2, 0.25) is 0 Å². The standard InChI is InChI=1S/C12H16BrNO5/c1-12(2,3)19-11(17)14-8-5(7(13)9(14)15)6(8)10(16)18-4/h5-8H,1-4H3. The number of ether oxygens (including phenoxy) is 2. The van der Waals surface area contributed by atoms with Crippen LogP contribution in [0.4, 0.5) is 4.79 Å². The third kappa shape index (κ3) is 2.35. The molecular weight excluding hydrogens is 318 g/mol. The van der Waals surface area contributed by atoms with Gasteiger partial charge in [-0.15, -0.1) is 0 Å². The van der Waals surface area contributed by atoms with Gasteiger partial charge in [-0.1, -0.05) is 15.9 Å². The molecule has 19 heavy (non-hydrogen) atoms. The molecule has 0 aromatic heterocycles. The molecule has 6 nitrogen and oxygen atoms in total. The second-order valence-electron chi connectivity index (χ2n) is 5.71. The van der Waals surface area contributed by atoms with E-state index in [9.17, 15) is 14.4 Å². The second kappa shape index (κ2) is 4.47. The number of rotatable bonds is 1. The van der Waals surface area contributed by atoms with E-state index in [1.165, 1.54) is 7.11 Å². The zero-order valence-corrected chi connectivity index (χ0v) is 12.8. The van der Waals surface area contributed by atoms with Gasteiger partial charge < -0.3 is 9.47 Å². The average molecular weight is 334 g/mol. The summed E-state index contributed by atoms with van der Waals surface area (Å²) in [6.45, 7) is 5.16. The molecule has 0 radical (unpaired) electrons. The number of carbonyl (C=O) groups is 3. The molecule has 0 bridgehead atoms. The number of hydrogen-bond acceptors (Lipinski definition) is 5. The quantitative estimate of drug-likeness (QED) is 0.534. The van der Waals surface area contributed by atoms with Crippen molar-refractivity contribution >= 4 is 33.9 Å². The molecule has 4 unspecified atom stereocenters. The van der Waals surface area contributed by atoms with Gasteiger partial charge in [-0.05, 0) is 20.8 Å². The van der Waals surface area contributed by atoms with Crippen LogP contribution in [0, 0.1) is 11.8 Å². The van der Waals surface area contributed by atoms with Crippen LogP contribution in [0.3, 0.4) is 0 Å². The summed E-state index contributed by atoms with van der Waals surface area (Å²) in [6, 6.07) is -0.445. The fraction of sp³-hybridized carbons (Fsp3) is 0.750. The van der Waals surface area contributed by atoms with Gasteiger partial charge in [-0.3, -0.25) is 9.59 Å². The van der Waals surface area contributed by atoms with Crippen LogP contribution in [0.5, 0.6) is 0 Å². The molecule has 1 saturated carbocycles. The third-order valence-electron chi connectivity index (χ3n) is 3.21. The molecule has 7 heteroatoms. The van der Waals surface area contributed by atoms with Crippen molar-refractivity contribution in [2.75, 3.05) is 7.11 Å². The van der Waals surface area contributed by atoms with Crippen LogP contribution >= 0.6 is 15.9 Å². The van der Waals surface area contributed by atoms with E-state index in [0.717, 1.165) is 4.90 Å². The van der Waals surface area contributed by atoms with E-state index in [1.54, 1.807) is 20.8 Å². The van der Waals surface area contributed by atoms with Gasteiger partial charge in [0.05, 0.1) is 23.9 Å². The van der Waals surface area contributed by atoms with E-state index in [-0.39, 0.29) is 11.8 Å². The normalized spacial score (nSPS) is 32.9. The average Bonchev–Trinajstić information content (AvgIpc) is 2.93. The van der Waals surface area contributed by atoms with E-state index >= 15 is 0 Å². The summed E-state index contributed by atoms with van der Waals surface area (Å²) in [4.78, 5) is 36.0. The Morgan fingerprint density at radius 2 is 1.89 bits per heavy atom. The first-order valence-corrected chi connectivity index (χ1v) is 6.88. The molecule has 1 saturated heterocycles. The van der Waals surface area contributed by atoms with Gasteiger partial charge >= 0.3 is 12.1 Å². The topological polar surface area (TPSA) is 72.9 Å². The molecule has 0 spiro atoms. The maximum Gasteiger partial charge on any atom is 0.417 e. The number of imide groups is 1. The van der Waals surface area contributed by atoms with Crippen LogP contribution in [-0.4, -0.2) is 46.4 Å². The van der Waals surface area contributed by atoms with Crippen LogP contribution in [0.1, 0.15) is 20.8 Å². The summed E-state index contributed by atoms with van der Waals surface area (Å²) in [7, 11) is 1.29. The highest BCUT2D eigenvalue weighted by Gasteiger charge is 2.71. The lowest BCUT2D eigenvalue weighted by Gasteiger charge is -2.25. The molecule has 2 fully saturated rings. The summed E-state index contributed by atoms with van der Waals surface area (Å²) in [5.74, 6) is -1.42. The minimum atomic E-state index is -0.708. The zero-order chi connectivity index (χ0) is 14.5. The number of likely N-dealkylation sites (tertiary alicyclic amines) is 1. The lowest BCUT2D eigenvalue weighted by molar-refractivity contribution is -0.143. The van der Waals surface area contributed by atoms with Crippen molar-refractivity contribution in [3.8, 4) is 0 Å². The Morgan fingerprint density at radius 3 is 2.37 bits per heavy atom. The molecule has 0 N–H and O–H groups in total. The van der Waals surface area contributed by atoms with Crippen LogP contribution in [0.15, 0.2) is 0 Å². The number of amides is 2. The number of fused-ring (bicyclic) bond motifs is 1. The SMILES string of the molecule is COC(=O)C1C2C(Br)C(=O)N(C(=O)OC(C)(C)C)C12. The molecule has 1 aliphatic heterocycles. The number of alkyl halides is 1. The van der Waals surface area contributed by atoms with Crippen molar-refractivity contribution in [3.05, 3.63) is 0 Å². The molecule has 0 aromatic rings. The maximum absolute atomic E-state index is 12.0. The van der Waals surface area contributed by atoms with Crippen molar-refractivity contribution in [3.63, 3.8) is 0 Å². The van der Waals surface area contributed by atoms with Gasteiger partial charge in [0.2, 0.25) is 5.91 Å². The first-order valence-electron chi connectivity index (χ1n) is 5.97. The van der Waals surface area contributed by atoms with E-state index in [4.69, 9.17) is 4.74 Å². The summed E-state index contributed by atoms with van der Waals surface area (Å²) in [6.07, 6.45) is -0.708. The van der Waals surface area contributed by atoms with E-state index in [1.807, 2.05) is 0 Å². The Morgan fingerprint density at radius 1 is 1.32 bits per heavy atom. The minimum absolute atomic E-state index is 0.215. The van der Waals surface area contributed by atoms with Gasteiger partial charge in [-0.25, -0.2) is 9.69 Å². The fourth-order valence-corrected chi connectivity index (χ4v) is 3.27. The van der Waals surface area contributed by atoms with Gasteiger partial charge in [0, 0.05) is 5.92 Å². The molecule has 0 aromatic carbocycles. The maximum atomic E-state index is 12.0. The molecule has 2 amide bonds. The van der Waals surface area contributed by atoms with E-state index in [2.05, 4.69) is 20.7 Å². The first kappa shape index (κ1) is 14.3. The van der Waals surface area contributed by atoms with Gasteiger partial charge in [-0.2, -0.15) is 0 Å². The lowest BCUT2D eigenvalue weighted by Crippen LogP contribution is -2.43. The summed E-state index contributed by atoms with van der Waals surface area (Å²) in [5.41, 5.74) is -0.688. The number of halogens is 1.